The van der Waals surface area contributed by atoms with E-state index in [2.05, 4.69) is 53.9 Å². The molecule has 3 rings (SSSR count). The zero-order valence-corrected chi connectivity index (χ0v) is 14.1. The molecule has 1 aromatic heterocycles. The van der Waals surface area contributed by atoms with Crippen LogP contribution < -0.4 is 5.32 Å². The lowest BCUT2D eigenvalue weighted by atomic mass is 10.1. The van der Waals surface area contributed by atoms with Gasteiger partial charge in [0.1, 0.15) is 11.6 Å². The number of halogens is 1. The molecule has 1 aromatic carbocycles. The number of rotatable bonds is 3. The fraction of sp³-hybridized carbons (Fsp3) is 0.375. The molecule has 0 saturated heterocycles. The van der Waals surface area contributed by atoms with E-state index in [-0.39, 0.29) is 0 Å². The number of hydrogen-bond donors (Lipinski definition) is 1. The van der Waals surface area contributed by atoms with Crippen LogP contribution in [0.5, 0.6) is 0 Å². The van der Waals surface area contributed by atoms with Gasteiger partial charge in [-0.1, -0.05) is 44.2 Å². The van der Waals surface area contributed by atoms with Crippen molar-refractivity contribution in [2.75, 3.05) is 12.4 Å². The highest BCUT2D eigenvalue weighted by molar-refractivity contribution is 14.1. The van der Waals surface area contributed by atoms with Gasteiger partial charge in [-0.05, 0) is 34.4 Å². The number of nitrogens with zero attached hydrogens (tertiary/aromatic N) is 2. The SMILES string of the molecule is CNc1nc(C2CC2(C)C)nc(-c2ccccc2)c1I. The Balaban J connectivity index is 2.12. The minimum atomic E-state index is 0.339. The fourth-order valence-corrected chi connectivity index (χ4v) is 3.30. The molecule has 1 N–H and O–H groups in total. The molecule has 4 heteroatoms. The molecule has 104 valence electrons. The predicted octanol–water partition coefficient (Wildman–Crippen LogP) is 4.30. The molecule has 0 bridgehead atoms. The van der Waals surface area contributed by atoms with E-state index in [1.807, 2.05) is 25.2 Å². The number of nitrogens with one attached hydrogen (secondary N) is 1. The number of anilines is 1. The van der Waals surface area contributed by atoms with Crippen LogP contribution in [0.15, 0.2) is 30.3 Å². The van der Waals surface area contributed by atoms with E-state index in [0.29, 0.717) is 11.3 Å². The Labute approximate surface area is 133 Å². The van der Waals surface area contributed by atoms with Crippen LogP contribution >= 0.6 is 22.6 Å². The summed E-state index contributed by atoms with van der Waals surface area (Å²) < 4.78 is 1.08. The van der Waals surface area contributed by atoms with Crippen LogP contribution in [0.4, 0.5) is 5.82 Å². The Kier molecular flexibility index (Phi) is 3.44. The van der Waals surface area contributed by atoms with Gasteiger partial charge in [-0.3, -0.25) is 0 Å². The molecule has 3 nitrogen and oxygen atoms in total. The third-order valence-corrected chi connectivity index (χ3v) is 5.00. The zero-order chi connectivity index (χ0) is 14.3. The van der Waals surface area contributed by atoms with E-state index in [4.69, 9.17) is 9.97 Å². The Bertz CT molecular complexity index is 638. The van der Waals surface area contributed by atoms with Gasteiger partial charge >= 0.3 is 0 Å². The van der Waals surface area contributed by atoms with Crippen molar-refractivity contribution >= 4 is 28.4 Å². The van der Waals surface area contributed by atoms with Crippen LogP contribution in [0.2, 0.25) is 0 Å². The van der Waals surface area contributed by atoms with Crippen molar-refractivity contribution in [2.45, 2.75) is 26.2 Å². The standard InChI is InChI=1S/C16H18IN3/c1-16(2)9-11(16)14-19-13(10-7-5-4-6-8-10)12(17)15(18-3)20-14/h4-8,11H,9H2,1-3H3,(H,18,19,20). The minimum absolute atomic E-state index is 0.339. The first kappa shape index (κ1) is 13.8. The molecule has 20 heavy (non-hydrogen) atoms. The van der Waals surface area contributed by atoms with Gasteiger partial charge < -0.3 is 5.32 Å². The average molecular weight is 379 g/mol. The molecule has 0 amide bonds. The molecule has 1 aliphatic carbocycles. The summed E-state index contributed by atoms with van der Waals surface area (Å²) in [6, 6.07) is 10.3. The molecule has 1 fully saturated rings. The van der Waals surface area contributed by atoms with Crippen molar-refractivity contribution in [3.8, 4) is 11.3 Å². The van der Waals surface area contributed by atoms with Crippen LogP contribution in [-0.2, 0) is 0 Å². The zero-order valence-electron chi connectivity index (χ0n) is 11.9. The fourth-order valence-electron chi connectivity index (χ4n) is 2.48. The summed E-state index contributed by atoms with van der Waals surface area (Å²) >= 11 is 2.33. The first-order valence-electron chi connectivity index (χ1n) is 6.83. The second-order valence-electron chi connectivity index (χ2n) is 5.95. The number of aromatic nitrogens is 2. The monoisotopic (exact) mass is 379 g/mol. The minimum Gasteiger partial charge on any atom is -0.372 e. The van der Waals surface area contributed by atoms with Gasteiger partial charge in [0.25, 0.3) is 0 Å². The van der Waals surface area contributed by atoms with E-state index >= 15 is 0 Å². The largest absolute Gasteiger partial charge is 0.372 e. The van der Waals surface area contributed by atoms with E-state index < -0.39 is 0 Å². The second-order valence-corrected chi connectivity index (χ2v) is 7.03. The van der Waals surface area contributed by atoms with Crippen molar-refractivity contribution in [3.05, 3.63) is 39.7 Å². The molecule has 0 spiro atoms. The Morgan fingerprint density at radius 2 is 1.85 bits per heavy atom. The van der Waals surface area contributed by atoms with Crippen LogP contribution in [-0.4, -0.2) is 17.0 Å². The van der Waals surface area contributed by atoms with Crippen LogP contribution in [0.25, 0.3) is 11.3 Å². The highest BCUT2D eigenvalue weighted by Gasteiger charge is 2.48. The van der Waals surface area contributed by atoms with Crippen molar-refractivity contribution in [3.63, 3.8) is 0 Å². The van der Waals surface area contributed by atoms with E-state index in [1.54, 1.807) is 0 Å². The number of hydrogen-bond acceptors (Lipinski definition) is 3. The van der Waals surface area contributed by atoms with Gasteiger partial charge in [-0.15, -0.1) is 0 Å². The molecule has 1 atom stereocenters. The molecule has 1 saturated carbocycles. The summed E-state index contributed by atoms with van der Waals surface area (Å²) in [5.74, 6) is 2.38. The summed E-state index contributed by atoms with van der Waals surface area (Å²) in [7, 11) is 1.92. The summed E-state index contributed by atoms with van der Waals surface area (Å²) in [4.78, 5) is 9.56. The normalized spacial score (nSPS) is 19.7. The highest BCUT2D eigenvalue weighted by Crippen LogP contribution is 2.57. The van der Waals surface area contributed by atoms with Gasteiger partial charge in [-0.25, -0.2) is 9.97 Å². The van der Waals surface area contributed by atoms with Gasteiger partial charge in [-0.2, -0.15) is 0 Å². The molecule has 0 aliphatic heterocycles. The van der Waals surface area contributed by atoms with Crippen LogP contribution in [0, 0.1) is 8.99 Å². The quantitative estimate of drug-likeness (QED) is 0.808. The molecular weight excluding hydrogens is 361 g/mol. The lowest BCUT2D eigenvalue weighted by molar-refractivity contribution is 0.609. The van der Waals surface area contributed by atoms with Gasteiger partial charge in [0.15, 0.2) is 0 Å². The van der Waals surface area contributed by atoms with E-state index in [1.165, 1.54) is 6.42 Å². The topological polar surface area (TPSA) is 37.8 Å². The average Bonchev–Trinajstić information content (AvgIpc) is 3.09. The third-order valence-electron chi connectivity index (χ3n) is 3.98. The molecule has 1 aliphatic rings. The first-order valence-corrected chi connectivity index (χ1v) is 7.91. The van der Waals surface area contributed by atoms with Gasteiger partial charge in [0.05, 0.1) is 9.26 Å². The lowest BCUT2D eigenvalue weighted by Crippen LogP contribution is -2.06. The van der Waals surface area contributed by atoms with Gasteiger partial charge in [0.2, 0.25) is 0 Å². The summed E-state index contributed by atoms with van der Waals surface area (Å²) in [5, 5.41) is 3.20. The molecule has 1 unspecified atom stereocenters. The van der Waals surface area contributed by atoms with Crippen molar-refractivity contribution in [2.24, 2.45) is 5.41 Å². The summed E-state index contributed by atoms with van der Waals surface area (Å²) in [5.41, 5.74) is 2.52. The number of benzene rings is 1. The van der Waals surface area contributed by atoms with Crippen molar-refractivity contribution in [1.29, 1.82) is 0 Å². The first-order chi connectivity index (χ1) is 9.53. The van der Waals surface area contributed by atoms with Crippen LogP contribution in [0.1, 0.15) is 32.0 Å². The lowest BCUT2D eigenvalue weighted by Gasteiger charge is -2.12. The molecule has 0 radical (unpaired) electrons. The van der Waals surface area contributed by atoms with Crippen LogP contribution in [0.3, 0.4) is 0 Å². The maximum Gasteiger partial charge on any atom is 0.143 e. The van der Waals surface area contributed by atoms with Crippen molar-refractivity contribution < 1.29 is 0 Å². The summed E-state index contributed by atoms with van der Waals surface area (Å²) in [6.45, 7) is 4.56. The Morgan fingerprint density at radius 1 is 1.20 bits per heavy atom. The molecule has 2 aromatic rings. The smallest absolute Gasteiger partial charge is 0.143 e. The summed E-state index contributed by atoms with van der Waals surface area (Å²) in [6.07, 6.45) is 1.17. The van der Waals surface area contributed by atoms with E-state index in [9.17, 15) is 0 Å². The predicted molar refractivity (Wildman–Crippen MR) is 90.9 cm³/mol. The maximum atomic E-state index is 4.85. The molecular formula is C16H18IN3. The Hall–Kier alpha value is -1.17. The second kappa shape index (κ2) is 4.98. The Morgan fingerprint density at radius 3 is 2.40 bits per heavy atom. The van der Waals surface area contributed by atoms with E-state index in [0.717, 1.165) is 26.5 Å². The van der Waals surface area contributed by atoms with Crippen molar-refractivity contribution in [1.82, 2.24) is 9.97 Å². The molecule has 1 heterocycles. The van der Waals surface area contributed by atoms with Gasteiger partial charge in [0, 0.05) is 18.5 Å². The highest BCUT2D eigenvalue weighted by atomic mass is 127. The third kappa shape index (κ3) is 2.41. The maximum absolute atomic E-state index is 4.85.